The molecule has 58 heavy (non-hydrogen) atoms. The monoisotopic (exact) mass is 739 g/mol. The second-order valence-corrected chi connectivity index (χ2v) is 15.1. The van der Waals surface area contributed by atoms with Crippen molar-refractivity contribution in [3.63, 3.8) is 0 Å². The van der Waals surface area contributed by atoms with Crippen LogP contribution >= 0.6 is 0 Å². The summed E-state index contributed by atoms with van der Waals surface area (Å²) in [5.74, 6) is 0. The lowest BCUT2D eigenvalue weighted by Crippen LogP contribution is -2.12. The molecule has 1 unspecified atom stereocenters. The minimum atomic E-state index is -0.397. The third kappa shape index (κ3) is 4.98. The van der Waals surface area contributed by atoms with E-state index in [0.29, 0.717) is 0 Å². The van der Waals surface area contributed by atoms with Gasteiger partial charge in [-0.15, -0.1) is 5.69 Å². The van der Waals surface area contributed by atoms with Crippen molar-refractivity contribution in [3.05, 3.63) is 228 Å². The molecule has 1 aliphatic rings. The Bertz CT molecular complexity index is 3430. The van der Waals surface area contributed by atoms with Gasteiger partial charge in [-0.1, -0.05) is 152 Å². The lowest BCUT2D eigenvalue weighted by molar-refractivity contribution is 0.872. The molecular weight excluding hydrogens is 705 g/mol. The predicted octanol–water partition coefficient (Wildman–Crippen LogP) is 14.3. The van der Waals surface area contributed by atoms with Crippen molar-refractivity contribution in [2.45, 2.75) is 6.17 Å². The Labute approximate surface area is 335 Å². The summed E-state index contributed by atoms with van der Waals surface area (Å²) in [6.45, 7) is 0. The standard InChI is InChI=1S/C54H35N4/c1-3-16-36(17-4-1)52-45-31-29-35-15-7-8-22-42(35)53(45)56-54(55-52)38-18-13-21-40(33-38)58-47-26-11-9-23-43(47)46-34-37(30-32-49(46)58)41-25-14-28-50-51(41)44-24-10-12-27-48(44)57(50)39-19-5-2-6-20-39/h1-34,54H/q-1. The number of para-hydroxylation sites is 3. The van der Waals surface area contributed by atoms with Crippen LogP contribution in [0.4, 0.5) is 5.69 Å². The maximum atomic E-state index is 5.38. The van der Waals surface area contributed by atoms with E-state index in [1.54, 1.807) is 0 Å². The number of aliphatic imine (C=N–C) groups is 1. The van der Waals surface area contributed by atoms with Crippen molar-refractivity contribution in [2.75, 3.05) is 0 Å². The fraction of sp³-hybridized carbons (Fsp3) is 0.0185. The van der Waals surface area contributed by atoms with Crippen molar-refractivity contribution in [1.29, 1.82) is 0 Å². The summed E-state index contributed by atoms with van der Waals surface area (Å²) < 4.78 is 4.78. The van der Waals surface area contributed by atoms with Gasteiger partial charge in [0.15, 0.2) is 0 Å². The normalized spacial score (nSPS) is 13.9. The molecule has 272 valence electrons. The minimum Gasteiger partial charge on any atom is -0.659 e. The number of hydrogen-bond donors (Lipinski definition) is 0. The summed E-state index contributed by atoms with van der Waals surface area (Å²) in [5.41, 5.74) is 14.6. The minimum absolute atomic E-state index is 0.397. The SMILES string of the molecule is c1ccc(C2=NC(c3cccc(-n4c5ccccc5c5cc(-c6cccc7c6c6ccccc6n7-c6ccccc6)ccc54)c3)[N-]c3c2ccc2ccccc32)cc1. The average Bonchev–Trinajstić information content (AvgIpc) is 3.82. The van der Waals surface area contributed by atoms with Crippen LogP contribution in [0, 0.1) is 0 Å². The Kier molecular flexibility index (Phi) is 7.26. The molecule has 2 aromatic heterocycles. The van der Waals surface area contributed by atoms with E-state index in [4.69, 9.17) is 10.3 Å². The molecule has 1 aliphatic heterocycles. The van der Waals surface area contributed by atoms with Crippen molar-refractivity contribution < 1.29 is 0 Å². The molecule has 12 rings (SSSR count). The van der Waals surface area contributed by atoms with Crippen LogP contribution in [0.1, 0.15) is 22.9 Å². The number of aromatic nitrogens is 2. The molecule has 9 aromatic carbocycles. The third-order valence-electron chi connectivity index (χ3n) is 11.8. The molecule has 4 nitrogen and oxygen atoms in total. The molecule has 0 aliphatic carbocycles. The van der Waals surface area contributed by atoms with Gasteiger partial charge in [0.25, 0.3) is 0 Å². The van der Waals surface area contributed by atoms with E-state index in [1.807, 2.05) is 0 Å². The first-order chi connectivity index (χ1) is 28.8. The number of rotatable bonds is 5. The molecular formula is C54H35N4-. The van der Waals surface area contributed by atoms with E-state index in [0.717, 1.165) is 55.9 Å². The van der Waals surface area contributed by atoms with E-state index in [9.17, 15) is 0 Å². The van der Waals surface area contributed by atoms with Crippen LogP contribution in [-0.2, 0) is 0 Å². The van der Waals surface area contributed by atoms with Gasteiger partial charge in [-0.05, 0) is 87.6 Å². The molecule has 0 saturated heterocycles. The zero-order chi connectivity index (χ0) is 38.2. The van der Waals surface area contributed by atoms with Gasteiger partial charge in [-0.2, -0.15) is 0 Å². The number of fused-ring (bicyclic) bond motifs is 9. The summed E-state index contributed by atoms with van der Waals surface area (Å²) in [4.78, 5) is 5.37. The van der Waals surface area contributed by atoms with Gasteiger partial charge in [0.1, 0.15) is 0 Å². The Morgan fingerprint density at radius 1 is 0.397 bits per heavy atom. The van der Waals surface area contributed by atoms with Crippen LogP contribution < -0.4 is 0 Å². The second-order valence-electron chi connectivity index (χ2n) is 15.1. The van der Waals surface area contributed by atoms with Crippen LogP contribution in [0.25, 0.3) is 82.2 Å². The first-order valence-electron chi connectivity index (χ1n) is 19.9. The zero-order valence-corrected chi connectivity index (χ0v) is 31.5. The van der Waals surface area contributed by atoms with Crippen molar-refractivity contribution >= 4 is 65.8 Å². The van der Waals surface area contributed by atoms with Gasteiger partial charge in [-0.3, -0.25) is 4.99 Å². The lowest BCUT2D eigenvalue weighted by Gasteiger charge is -2.39. The van der Waals surface area contributed by atoms with Gasteiger partial charge in [0, 0.05) is 44.6 Å². The highest BCUT2D eigenvalue weighted by Gasteiger charge is 2.20. The molecule has 0 amide bonds. The summed E-state index contributed by atoms with van der Waals surface area (Å²) in [5, 5.41) is 12.6. The molecule has 0 fully saturated rings. The van der Waals surface area contributed by atoms with Gasteiger partial charge < -0.3 is 14.5 Å². The highest BCUT2D eigenvalue weighted by Crippen LogP contribution is 2.46. The van der Waals surface area contributed by atoms with E-state index in [1.165, 1.54) is 49.1 Å². The van der Waals surface area contributed by atoms with Crippen LogP contribution in [0.2, 0.25) is 0 Å². The Morgan fingerprint density at radius 2 is 1.03 bits per heavy atom. The van der Waals surface area contributed by atoms with E-state index >= 15 is 0 Å². The molecule has 0 spiro atoms. The maximum absolute atomic E-state index is 5.38. The van der Waals surface area contributed by atoms with Crippen molar-refractivity contribution in [2.24, 2.45) is 4.99 Å². The Hall–Kier alpha value is -7.69. The first-order valence-corrected chi connectivity index (χ1v) is 19.9. The molecule has 11 aromatic rings. The number of benzene rings is 9. The molecule has 0 radical (unpaired) electrons. The fourth-order valence-electron chi connectivity index (χ4n) is 9.26. The van der Waals surface area contributed by atoms with Gasteiger partial charge >= 0.3 is 0 Å². The summed E-state index contributed by atoms with van der Waals surface area (Å²) in [6.07, 6.45) is -0.397. The number of hydrogen-bond acceptors (Lipinski definition) is 1. The van der Waals surface area contributed by atoms with E-state index < -0.39 is 6.17 Å². The maximum Gasteiger partial charge on any atom is 0.0695 e. The molecule has 0 N–H and O–H groups in total. The molecule has 3 heterocycles. The van der Waals surface area contributed by atoms with Crippen LogP contribution in [0.3, 0.4) is 0 Å². The lowest BCUT2D eigenvalue weighted by atomic mass is 9.94. The van der Waals surface area contributed by atoms with Gasteiger partial charge in [0.2, 0.25) is 0 Å². The third-order valence-corrected chi connectivity index (χ3v) is 11.8. The van der Waals surface area contributed by atoms with Crippen molar-refractivity contribution in [3.8, 4) is 22.5 Å². The summed E-state index contributed by atoms with van der Waals surface area (Å²) >= 11 is 0. The van der Waals surface area contributed by atoms with E-state index in [-0.39, 0.29) is 0 Å². The highest BCUT2D eigenvalue weighted by molar-refractivity contribution is 6.21. The molecule has 0 bridgehead atoms. The predicted molar refractivity (Wildman–Crippen MR) is 242 cm³/mol. The smallest absolute Gasteiger partial charge is 0.0695 e. The number of nitrogens with zero attached hydrogens (tertiary/aromatic N) is 4. The fourth-order valence-corrected chi connectivity index (χ4v) is 9.26. The Morgan fingerprint density at radius 3 is 1.88 bits per heavy atom. The Balaban J connectivity index is 1.01. The van der Waals surface area contributed by atoms with Gasteiger partial charge in [-0.25, -0.2) is 0 Å². The molecule has 4 heteroatoms. The van der Waals surface area contributed by atoms with Crippen LogP contribution in [-0.4, -0.2) is 14.8 Å². The van der Waals surface area contributed by atoms with Gasteiger partial charge in [0.05, 0.1) is 27.8 Å². The zero-order valence-electron chi connectivity index (χ0n) is 31.5. The molecule has 1 atom stereocenters. The topological polar surface area (TPSA) is 36.3 Å². The quantitative estimate of drug-likeness (QED) is 0.169. The van der Waals surface area contributed by atoms with Crippen molar-refractivity contribution in [1.82, 2.24) is 9.13 Å². The van der Waals surface area contributed by atoms with E-state index in [2.05, 4.69) is 215 Å². The highest BCUT2D eigenvalue weighted by atomic mass is 15.1. The van der Waals surface area contributed by atoms with Crippen LogP contribution in [0.5, 0.6) is 0 Å². The van der Waals surface area contributed by atoms with Crippen LogP contribution in [0.15, 0.2) is 211 Å². The summed E-state index contributed by atoms with van der Waals surface area (Å²) in [6, 6.07) is 74.0. The second kappa shape index (κ2) is 12.9. The average molecular weight is 740 g/mol. The first kappa shape index (κ1) is 32.5. The molecule has 0 saturated carbocycles. The summed E-state index contributed by atoms with van der Waals surface area (Å²) in [7, 11) is 0. The largest absolute Gasteiger partial charge is 0.659 e.